The Morgan fingerprint density at radius 3 is 3.07 bits per heavy atom. The van der Waals surface area contributed by atoms with Crippen molar-refractivity contribution in [1.29, 1.82) is 0 Å². The lowest BCUT2D eigenvalue weighted by Crippen LogP contribution is -2.15. The Balaban J connectivity index is 1.83. The Morgan fingerprint density at radius 1 is 1.50 bits per heavy atom. The van der Waals surface area contributed by atoms with E-state index in [-0.39, 0.29) is 5.92 Å². The number of hydrogen-bond donors (Lipinski definition) is 0. The van der Waals surface area contributed by atoms with E-state index in [1.54, 1.807) is 0 Å². The lowest BCUT2D eigenvalue weighted by molar-refractivity contribution is -0.122. The van der Waals surface area contributed by atoms with Crippen molar-refractivity contribution >= 4 is 5.78 Å². The Morgan fingerprint density at radius 2 is 2.43 bits per heavy atom. The van der Waals surface area contributed by atoms with Gasteiger partial charge in [-0.1, -0.05) is 11.6 Å². The molecule has 1 aliphatic carbocycles. The molecular formula is C12H18O2. The molecule has 14 heavy (non-hydrogen) atoms. The summed E-state index contributed by atoms with van der Waals surface area (Å²) in [6.45, 7) is 1.43. The maximum atomic E-state index is 11.8. The number of carbonyl (C=O) groups is 1. The summed E-state index contributed by atoms with van der Waals surface area (Å²) in [4.78, 5) is 11.8. The van der Waals surface area contributed by atoms with Crippen LogP contribution in [0.2, 0.25) is 0 Å². The van der Waals surface area contributed by atoms with Crippen LogP contribution in [-0.4, -0.2) is 19.0 Å². The Kier molecular flexibility index (Phi) is 3.35. The minimum Gasteiger partial charge on any atom is -0.381 e. The van der Waals surface area contributed by atoms with Gasteiger partial charge in [-0.2, -0.15) is 0 Å². The highest BCUT2D eigenvalue weighted by Gasteiger charge is 2.23. The lowest BCUT2D eigenvalue weighted by Gasteiger charge is -2.13. The molecule has 0 saturated carbocycles. The van der Waals surface area contributed by atoms with Gasteiger partial charge in [0.2, 0.25) is 0 Å². The molecule has 0 aromatic carbocycles. The van der Waals surface area contributed by atoms with Crippen molar-refractivity contribution in [3.05, 3.63) is 11.6 Å². The molecule has 1 aliphatic heterocycles. The van der Waals surface area contributed by atoms with Crippen molar-refractivity contribution in [2.75, 3.05) is 13.2 Å². The van der Waals surface area contributed by atoms with Crippen molar-refractivity contribution in [2.24, 2.45) is 5.92 Å². The third-order valence-corrected chi connectivity index (χ3v) is 3.17. The zero-order chi connectivity index (χ0) is 9.80. The van der Waals surface area contributed by atoms with Gasteiger partial charge in [0.25, 0.3) is 0 Å². The van der Waals surface area contributed by atoms with Gasteiger partial charge in [-0.05, 0) is 32.1 Å². The van der Waals surface area contributed by atoms with E-state index in [0.29, 0.717) is 18.8 Å². The summed E-state index contributed by atoms with van der Waals surface area (Å²) in [7, 11) is 0. The van der Waals surface area contributed by atoms with Crippen molar-refractivity contribution in [2.45, 2.75) is 38.5 Å². The summed E-state index contributed by atoms with van der Waals surface area (Å²) in [5.41, 5.74) is 1.37. The summed E-state index contributed by atoms with van der Waals surface area (Å²) >= 11 is 0. The first-order valence-electron chi connectivity index (χ1n) is 5.64. The highest BCUT2D eigenvalue weighted by atomic mass is 16.5. The summed E-state index contributed by atoms with van der Waals surface area (Å²) in [5, 5.41) is 0. The van der Waals surface area contributed by atoms with Crippen LogP contribution in [-0.2, 0) is 9.53 Å². The fourth-order valence-electron chi connectivity index (χ4n) is 2.22. The number of carbonyl (C=O) groups excluding carboxylic acids is 1. The van der Waals surface area contributed by atoms with Gasteiger partial charge in [-0.25, -0.2) is 0 Å². The number of hydrogen-bond acceptors (Lipinski definition) is 2. The summed E-state index contributed by atoms with van der Waals surface area (Å²) in [5.74, 6) is 0.591. The molecule has 1 unspecified atom stereocenters. The Hall–Kier alpha value is -0.630. The van der Waals surface area contributed by atoms with Crippen LogP contribution < -0.4 is 0 Å². The first-order chi connectivity index (χ1) is 6.86. The third-order valence-electron chi connectivity index (χ3n) is 3.17. The molecule has 0 aromatic heterocycles. The van der Waals surface area contributed by atoms with Crippen molar-refractivity contribution < 1.29 is 9.53 Å². The van der Waals surface area contributed by atoms with Crippen molar-refractivity contribution in [3.8, 4) is 0 Å². The predicted molar refractivity (Wildman–Crippen MR) is 55.1 cm³/mol. The molecule has 0 amide bonds. The highest BCUT2D eigenvalue weighted by Crippen LogP contribution is 2.23. The van der Waals surface area contributed by atoms with Crippen LogP contribution in [0.15, 0.2) is 11.6 Å². The molecule has 1 saturated heterocycles. The first-order valence-corrected chi connectivity index (χ1v) is 5.64. The fraction of sp³-hybridized carbons (Fsp3) is 0.750. The van der Waals surface area contributed by atoms with Gasteiger partial charge in [0.15, 0.2) is 0 Å². The van der Waals surface area contributed by atoms with Crippen molar-refractivity contribution in [3.63, 3.8) is 0 Å². The number of ketones is 1. The average Bonchev–Trinajstić information content (AvgIpc) is 2.72. The van der Waals surface area contributed by atoms with Gasteiger partial charge in [0, 0.05) is 18.9 Å². The van der Waals surface area contributed by atoms with Gasteiger partial charge >= 0.3 is 0 Å². The van der Waals surface area contributed by atoms with E-state index in [2.05, 4.69) is 6.08 Å². The topological polar surface area (TPSA) is 26.3 Å². The van der Waals surface area contributed by atoms with Crippen LogP contribution in [0, 0.1) is 5.92 Å². The fourth-order valence-corrected chi connectivity index (χ4v) is 2.22. The van der Waals surface area contributed by atoms with Crippen LogP contribution >= 0.6 is 0 Å². The van der Waals surface area contributed by atoms with E-state index < -0.39 is 0 Å². The van der Waals surface area contributed by atoms with E-state index in [1.807, 2.05) is 0 Å². The van der Waals surface area contributed by atoms with E-state index in [9.17, 15) is 4.79 Å². The molecule has 0 spiro atoms. The molecule has 1 atom stereocenters. The van der Waals surface area contributed by atoms with E-state index in [4.69, 9.17) is 4.74 Å². The van der Waals surface area contributed by atoms with E-state index in [0.717, 1.165) is 19.4 Å². The van der Waals surface area contributed by atoms with Gasteiger partial charge in [-0.15, -0.1) is 0 Å². The summed E-state index contributed by atoms with van der Waals surface area (Å²) in [6, 6.07) is 0. The van der Waals surface area contributed by atoms with Crippen molar-refractivity contribution in [1.82, 2.24) is 0 Å². The molecule has 1 fully saturated rings. The molecule has 78 valence electrons. The van der Waals surface area contributed by atoms with Crippen LogP contribution in [0.4, 0.5) is 0 Å². The van der Waals surface area contributed by atoms with E-state index in [1.165, 1.54) is 24.8 Å². The maximum absolute atomic E-state index is 11.8. The Labute approximate surface area is 85.3 Å². The second kappa shape index (κ2) is 4.74. The third kappa shape index (κ3) is 2.44. The average molecular weight is 194 g/mol. The standard InChI is InChI=1S/C12H18O2/c13-12(11-6-7-14-9-11)8-10-4-2-1-3-5-10/h4,11H,1-3,5-9H2. The maximum Gasteiger partial charge on any atom is 0.142 e. The quantitative estimate of drug-likeness (QED) is 0.645. The van der Waals surface area contributed by atoms with Gasteiger partial charge in [0.1, 0.15) is 5.78 Å². The summed E-state index contributed by atoms with van der Waals surface area (Å²) < 4.78 is 5.23. The minimum atomic E-state index is 0.192. The molecule has 1 heterocycles. The molecule has 2 heteroatoms. The lowest BCUT2D eigenvalue weighted by atomic mass is 9.91. The van der Waals surface area contributed by atoms with Gasteiger partial charge < -0.3 is 4.74 Å². The Bertz CT molecular complexity index is 237. The SMILES string of the molecule is O=C(CC1=CCCCC1)C1CCOC1. The zero-order valence-electron chi connectivity index (χ0n) is 8.63. The molecule has 0 N–H and O–H groups in total. The predicted octanol–water partition coefficient (Wildman–Crippen LogP) is 2.48. The van der Waals surface area contributed by atoms with Gasteiger partial charge in [0.05, 0.1) is 6.61 Å². The molecule has 0 aromatic rings. The van der Waals surface area contributed by atoms with Crippen LogP contribution in [0.25, 0.3) is 0 Å². The number of ether oxygens (including phenoxy) is 1. The second-order valence-corrected chi connectivity index (χ2v) is 4.31. The monoisotopic (exact) mass is 194 g/mol. The van der Waals surface area contributed by atoms with Gasteiger partial charge in [-0.3, -0.25) is 4.79 Å². The highest BCUT2D eigenvalue weighted by molar-refractivity contribution is 5.83. The second-order valence-electron chi connectivity index (χ2n) is 4.31. The molecule has 2 nitrogen and oxygen atoms in total. The normalized spacial score (nSPS) is 27.4. The van der Waals surface area contributed by atoms with Crippen LogP contribution in [0.1, 0.15) is 38.5 Å². The van der Waals surface area contributed by atoms with Crippen LogP contribution in [0.3, 0.4) is 0 Å². The number of allylic oxidation sites excluding steroid dienone is 2. The molecule has 2 rings (SSSR count). The summed E-state index contributed by atoms with van der Waals surface area (Å²) in [6.07, 6.45) is 8.75. The number of rotatable bonds is 3. The molecular weight excluding hydrogens is 176 g/mol. The van der Waals surface area contributed by atoms with E-state index >= 15 is 0 Å². The molecule has 2 aliphatic rings. The molecule has 0 radical (unpaired) electrons. The van der Waals surface area contributed by atoms with Crippen LogP contribution in [0.5, 0.6) is 0 Å². The largest absolute Gasteiger partial charge is 0.381 e. The zero-order valence-corrected chi connectivity index (χ0v) is 8.63. The smallest absolute Gasteiger partial charge is 0.142 e. The minimum absolute atomic E-state index is 0.192. The molecule has 0 bridgehead atoms. The first kappa shape index (κ1) is 9.91. The number of Topliss-reactive ketones (excluding diaryl/α,β-unsaturated/α-hetero) is 1.